The highest BCUT2D eigenvalue weighted by Crippen LogP contribution is 2.34. The Labute approximate surface area is 212 Å². The molecular weight excluding hydrogens is 513 g/mol. The summed E-state index contributed by atoms with van der Waals surface area (Å²) in [5, 5.41) is 6.35. The standard InChI is InChI=1S/C25H18ClF3N4O2S/c26-23-8-7-22(36-23)24(34)31-13-17-12-21(33-35-17)14-1-4-16(5-2-14)32-20-9-10-30-19-6-3-15(11-18(19)20)25(27,28)29/h1-12,17,33H,13H2,(H,30,32)(H,31,34). The van der Waals surface area contributed by atoms with Crippen LogP contribution < -0.4 is 16.1 Å². The number of amides is 1. The van der Waals surface area contributed by atoms with Crippen LogP contribution in [0.1, 0.15) is 20.8 Å². The van der Waals surface area contributed by atoms with E-state index in [-0.39, 0.29) is 18.6 Å². The lowest BCUT2D eigenvalue weighted by Crippen LogP contribution is -2.31. The van der Waals surface area contributed by atoms with Crippen molar-refractivity contribution < 1.29 is 22.8 Å². The third-order valence-corrected chi connectivity index (χ3v) is 6.71. The Kier molecular flexibility index (Phi) is 6.57. The van der Waals surface area contributed by atoms with E-state index in [9.17, 15) is 18.0 Å². The van der Waals surface area contributed by atoms with Crippen molar-refractivity contribution >= 4 is 56.8 Å². The molecule has 36 heavy (non-hydrogen) atoms. The molecule has 0 saturated carbocycles. The Morgan fingerprint density at radius 2 is 1.92 bits per heavy atom. The maximum atomic E-state index is 13.2. The van der Waals surface area contributed by atoms with Crippen LogP contribution in [0.15, 0.2) is 72.9 Å². The SMILES string of the molecule is O=C(NCC1C=C(c2ccc(Nc3ccnc4ccc(C(F)(F)F)cc34)cc2)NO1)c1ccc(Cl)s1. The van der Waals surface area contributed by atoms with Crippen molar-refractivity contribution in [2.24, 2.45) is 0 Å². The predicted molar refractivity (Wildman–Crippen MR) is 134 cm³/mol. The van der Waals surface area contributed by atoms with Crippen molar-refractivity contribution in [2.75, 3.05) is 11.9 Å². The first kappa shape index (κ1) is 24.1. The molecule has 0 radical (unpaired) electrons. The Morgan fingerprint density at radius 3 is 2.64 bits per heavy atom. The van der Waals surface area contributed by atoms with Gasteiger partial charge >= 0.3 is 6.18 Å². The van der Waals surface area contributed by atoms with Gasteiger partial charge in [-0.2, -0.15) is 13.2 Å². The maximum absolute atomic E-state index is 13.2. The lowest BCUT2D eigenvalue weighted by molar-refractivity contribution is -0.137. The van der Waals surface area contributed by atoms with Crippen molar-refractivity contribution in [3.05, 3.63) is 93.3 Å². The summed E-state index contributed by atoms with van der Waals surface area (Å²) in [5.41, 5.74) is 5.39. The molecule has 5 rings (SSSR count). The smallest absolute Gasteiger partial charge is 0.355 e. The van der Waals surface area contributed by atoms with Crippen LogP contribution >= 0.6 is 22.9 Å². The number of hydrogen-bond acceptors (Lipinski definition) is 6. The van der Waals surface area contributed by atoms with Gasteiger partial charge in [0.15, 0.2) is 0 Å². The number of fused-ring (bicyclic) bond motifs is 1. The van der Waals surface area contributed by atoms with Crippen LogP contribution in [0, 0.1) is 0 Å². The van der Waals surface area contributed by atoms with E-state index in [1.165, 1.54) is 17.4 Å². The van der Waals surface area contributed by atoms with Crippen molar-refractivity contribution in [1.82, 2.24) is 15.8 Å². The highest BCUT2D eigenvalue weighted by Gasteiger charge is 2.30. The number of pyridine rings is 1. The van der Waals surface area contributed by atoms with Gasteiger partial charge in [0.25, 0.3) is 5.91 Å². The molecule has 1 aliphatic heterocycles. The first-order chi connectivity index (χ1) is 17.3. The lowest BCUT2D eigenvalue weighted by Gasteiger charge is -2.12. The van der Waals surface area contributed by atoms with Crippen LogP contribution in [0.3, 0.4) is 0 Å². The van der Waals surface area contributed by atoms with Gasteiger partial charge in [-0.1, -0.05) is 23.7 Å². The van der Waals surface area contributed by atoms with E-state index < -0.39 is 11.7 Å². The first-order valence-electron chi connectivity index (χ1n) is 10.8. The number of hydrogen-bond donors (Lipinski definition) is 3. The highest BCUT2D eigenvalue weighted by atomic mass is 35.5. The minimum Gasteiger partial charge on any atom is -0.355 e. The minimum absolute atomic E-state index is 0.223. The fraction of sp³-hybridized carbons (Fsp3) is 0.120. The van der Waals surface area contributed by atoms with Gasteiger partial charge in [0.2, 0.25) is 0 Å². The number of nitrogens with zero attached hydrogens (tertiary/aromatic N) is 1. The zero-order valence-electron chi connectivity index (χ0n) is 18.4. The average molecular weight is 531 g/mol. The molecule has 4 aromatic rings. The number of aromatic nitrogens is 1. The molecule has 6 nitrogen and oxygen atoms in total. The fourth-order valence-electron chi connectivity index (χ4n) is 3.69. The van der Waals surface area contributed by atoms with E-state index >= 15 is 0 Å². The number of carbonyl (C=O) groups excluding carboxylic acids is 1. The second-order valence-electron chi connectivity index (χ2n) is 7.94. The van der Waals surface area contributed by atoms with Gasteiger partial charge in [-0.3, -0.25) is 20.1 Å². The molecule has 0 saturated heterocycles. The van der Waals surface area contributed by atoms with Crippen LogP contribution in [-0.2, 0) is 11.0 Å². The quantitative estimate of drug-likeness (QED) is 0.269. The topological polar surface area (TPSA) is 75.3 Å². The third kappa shape index (κ3) is 5.30. The molecule has 2 aromatic carbocycles. The van der Waals surface area contributed by atoms with Gasteiger partial charge in [-0.25, -0.2) is 0 Å². The van der Waals surface area contributed by atoms with Crippen LogP contribution in [0.2, 0.25) is 4.34 Å². The zero-order valence-corrected chi connectivity index (χ0v) is 20.0. The highest BCUT2D eigenvalue weighted by molar-refractivity contribution is 7.18. The molecule has 3 N–H and O–H groups in total. The van der Waals surface area contributed by atoms with Crippen molar-refractivity contribution in [2.45, 2.75) is 12.3 Å². The van der Waals surface area contributed by atoms with Gasteiger partial charge in [-0.05, 0) is 60.2 Å². The van der Waals surface area contributed by atoms with Crippen LogP contribution in [0.5, 0.6) is 0 Å². The monoisotopic (exact) mass is 530 g/mol. The van der Waals surface area contributed by atoms with E-state index in [0.717, 1.165) is 23.4 Å². The van der Waals surface area contributed by atoms with E-state index in [2.05, 4.69) is 21.1 Å². The molecule has 1 aliphatic rings. The number of hydroxylamine groups is 1. The molecule has 3 heterocycles. The van der Waals surface area contributed by atoms with E-state index in [1.807, 2.05) is 30.3 Å². The largest absolute Gasteiger partial charge is 0.416 e. The molecule has 184 valence electrons. The van der Waals surface area contributed by atoms with E-state index in [4.69, 9.17) is 16.4 Å². The number of thiophene rings is 1. The Morgan fingerprint density at radius 1 is 1.11 bits per heavy atom. The van der Waals surface area contributed by atoms with Crippen LogP contribution in [0.4, 0.5) is 24.5 Å². The summed E-state index contributed by atoms with van der Waals surface area (Å²) in [5.74, 6) is -0.223. The normalized spacial score (nSPS) is 15.4. The molecule has 2 aromatic heterocycles. The Balaban J connectivity index is 1.26. The molecule has 0 spiro atoms. The molecule has 11 heteroatoms. The van der Waals surface area contributed by atoms with E-state index in [1.54, 1.807) is 24.4 Å². The fourth-order valence-corrected chi connectivity index (χ4v) is 4.65. The van der Waals surface area contributed by atoms with Gasteiger partial charge in [0.05, 0.1) is 32.5 Å². The number of halogens is 4. The minimum atomic E-state index is -4.44. The Bertz CT molecular complexity index is 1450. The maximum Gasteiger partial charge on any atom is 0.416 e. The van der Waals surface area contributed by atoms with Gasteiger partial charge in [-0.15, -0.1) is 11.3 Å². The van der Waals surface area contributed by atoms with Gasteiger partial charge in [0, 0.05) is 23.0 Å². The molecule has 1 atom stereocenters. The molecular formula is C25H18ClF3N4O2S. The van der Waals surface area contributed by atoms with Gasteiger partial charge < -0.3 is 10.6 Å². The van der Waals surface area contributed by atoms with Crippen molar-refractivity contribution in [3.63, 3.8) is 0 Å². The summed E-state index contributed by atoms with van der Waals surface area (Å²) >= 11 is 7.07. The van der Waals surface area contributed by atoms with Gasteiger partial charge in [0.1, 0.15) is 6.10 Å². The predicted octanol–water partition coefficient (Wildman–Crippen LogP) is 6.39. The van der Waals surface area contributed by atoms with Crippen molar-refractivity contribution in [3.8, 4) is 0 Å². The number of benzene rings is 2. The van der Waals surface area contributed by atoms with Crippen LogP contribution in [0.25, 0.3) is 16.6 Å². The number of rotatable bonds is 6. The zero-order chi connectivity index (χ0) is 25.3. The van der Waals surface area contributed by atoms with Crippen molar-refractivity contribution in [1.29, 1.82) is 0 Å². The number of anilines is 2. The summed E-state index contributed by atoms with van der Waals surface area (Å²) in [6, 6.07) is 15.8. The third-order valence-electron chi connectivity index (χ3n) is 5.48. The molecule has 1 unspecified atom stereocenters. The first-order valence-corrected chi connectivity index (χ1v) is 12.0. The summed E-state index contributed by atoms with van der Waals surface area (Å²) in [7, 11) is 0. The summed E-state index contributed by atoms with van der Waals surface area (Å²) in [6.45, 7) is 0.277. The Hall–Kier alpha value is -3.60. The van der Waals surface area contributed by atoms with E-state index in [0.29, 0.717) is 31.5 Å². The summed E-state index contributed by atoms with van der Waals surface area (Å²) in [6.07, 6.45) is -1.39. The number of alkyl halides is 3. The number of carbonyl (C=O) groups is 1. The molecule has 0 bridgehead atoms. The lowest BCUT2D eigenvalue weighted by atomic mass is 10.1. The number of nitrogens with one attached hydrogen (secondary N) is 3. The van der Waals surface area contributed by atoms with Crippen LogP contribution in [-0.4, -0.2) is 23.5 Å². The average Bonchev–Trinajstić information content (AvgIpc) is 3.52. The summed E-state index contributed by atoms with van der Waals surface area (Å²) < 4.78 is 40.1. The molecule has 1 amide bonds. The second-order valence-corrected chi connectivity index (χ2v) is 9.66. The summed E-state index contributed by atoms with van der Waals surface area (Å²) in [4.78, 5) is 22.4. The second kappa shape index (κ2) is 9.81. The molecule has 0 aliphatic carbocycles. The molecule has 0 fully saturated rings.